The molecule has 0 amide bonds. The molecule has 0 unspecified atom stereocenters. The predicted molar refractivity (Wildman–Crippen MR) is 72.7 cm³/mol. The minimum Gasteiger partial charge on any atom is -0.744 e. The molecule has 2 aromatic carbocycles. The quantitative estimate of drug-likeness (QED) is 0.333. The van der Waals surface area contributed by atoms with Gasteiger partial charge in [-0.2, -0.15) is 0 Å². The summed E-state index contributed by atoms with van der Waals surface area (Å²) in [6.45, 7) is 0. The largest absolute Gasteiger partial charge is 2.00 e. The van der Waals surface area contributed by atoms with Gasteiger partial charge in [0.15, 0.2) is 11.4 Å². The van der Waals surface area contributed by atoms with Gasteiger partial charge in [0.1, 0.15) is 20.2 Å². The Hall–Kier alpha value is -1.16. The van der Waals surface area contributed by atoms with Crippen LogP contribution in [-0.2, 0) is 20.2 Å². The van der Waals surface area contributed by atoms with Crippen molar-refractivity contribution in [3.05, 3.63) is 29.2 Å². The van der Waals surface area contributed by atoms with Crippen molar-refractivity contribution in [1.82, 2.24) is 0 Å². The third-order valence-corrected chi connectivity index (χ3v) is 4.35. The van der Waals surface area contributed by atoms with Crippen molar-refractivity contribution in [2.24, 2.45) is 5.18 Å². The van der Waals surface area contributed by atoms with Gasteiger partial charge in [-0.3, -0.25) is 0 Å². The zero-order valence-corrected chi connectivity index (χ0v) is 15.9. The molecular weight excluding hydrogens is 533 g/mol. The Morgan fingerprint density at radius 2 is 1.59 bits per heavy atom. The monoisotopic (exact) mass is 539 g/mol. The number of phenols is 1. The Bertz CT molecular complexity index is 968. The number of rotatable bonds is 3. The topological polar surface area (TPSA) is 164 Å². The van der Waals surface area contributed by atoms with E-state index in [0.29, 0.717) is 6.07 Å². The average Bonchev–Trinajstić information content (AvgIpc) is 2.35. The van der Waals surface area contributed by atoms with Crippen molar-refractivity contribution in [3.8, 4) is 5.75 Å². The molecule has 0 saturated carbocycles. The molecule has 2 rings (SSSR count). The van der Waals surface area contributed by atoms with E-state index in [1.807, 2.05) is 0 Å². The van der Waals surface area contributed by atoms with E-state index in [4.69, 9.17) is 0 Å². The molecule has 0 bridgehead atoms. The van der Waals surface area contributed by atoms with Gasteiger partial charge in [0, 0.05) is 5.39 Å². The summed E-state index contributed by atoms with van der Waals surface area (Å²) in [6, 6.07) is 3.30. The molecule has 0 spiro atoms. The fourth-order valence-electron chi connectivity index (χ4n) is 1.77. The Morgan fingerprint density at radius 3 is 2.05 bits per heavy atom. The second-order valence-corrected chi connectivity index (χ2v) is 6.68. The zero-order valence-electron chi connectivity index (χ0n) is 10.4. The van der Waals surface area contributed by atoms with E-state index in [9.17, 15) is 36.0 Å². The molecule has 1 N–H and O–H groups in total. The van der Waals surface area contributed by atoms with Crippen LogP contribution in [-0.4, -0.2) is 58.3 Å². The first kappa shape index (κ1) is 18.9. The fourth-order valence-corrected chi connectivity index (χ4v) is 2.88. The zero-order chi connectivity index (χ0) is 16.0. The number of hydrogen-bond donors (Lipinski definition) is 1. The summed E-state index contributed by atoms with van der Waals surface area (Å²) in [5.74, 6) is -1.13. The van der Waals surface area contributed by atoms with E-state index >= 15 is 0 Å². The number of aromatic hydroxyl groups is 1. The van der Waals surface area contributed by atoms with E-state index in [0.717, 1.165) is 18.2 Å². The van der Waals surface area contributed by atoms with Crippen LogP contribution in [0.5, 0.6) is 5.75 Å². The molecule has 0 aliphatic heterocycles. The van der Waals surface area contributed by atoms with Gasteiger partial charge < -0.3 is 14.2 Å². The van der Waals surface area contributed by atoms with E-state index in [1.165, 1.54) is 0 Å². The Balaban J connectivity index is 0.00000242. The van der Waals surface area contributed by atoms with Crippen LogP contribution in [0.25, 0.3) is 10.8 Å². The summed E-state index contributed by atoms with van der Waals surface area (Å²) < 4.78 is 65.8. The standard InChI is InChI=1S/C10H7NO8S2.Pb/c12-10-8(21(17,18)19)4-5-3-6(20(14,15)16)1-2-7(5)9(10)11-13;/h1-4,12H,(H,14,15,16)(H,17,18,19);/q;+2/p-2. The van der Waals surface area contributed by atoms with E-state index in [-0.39, 0.29) is 38.1 Å². The van der Waals surface area contributed by atoms with Crippen LogP contribution in [0.1, 0.15) is 0 Å². The molecule has 0 fully saturated rings. The van der Waals surface area contributed by atoms with Crippen LogP contribution >= 0.6 is 0 Å². The Kier molecular flexibility index (Phi) is 5.28. The second kappa shape index (κ2) is 6.15. The van der Waals surface area contributed by atoms with Crippen LogP contribution in [0.15, 0.2) is 39.2 Å². The van der Waals surface area contributed by atoms with Gasteiger partial charge in [-0.1, -0.05) is 6.07 Å². The number of nitroso groups, excluding NO2 is 1. The van der Waals surface area contributed by atoms with E-state index in [2.05, 4.69) is 5.18 Å². The van der Waals surface area contributed by atoms with Crippen molar-refractivity contribution in [1.29, 1.82) is 0 Å². The summed E-state index contributed by atoms with van der Waals surface area (Å²) in [5.41, 5.74) is -0.739. The molecular formula is C10H5NO8PbS2. The van der Waals surface area contributed by atoms with Crippen LogP contribution in [0.4, 0.5) is 5.69 Å². The summed E-state index contributed by atoms with van der Waals surface area (Å²) >= 11 is 0. The van der Waals surface area contributed by atoms with Crippen molar-refractivity contribution < 1.29 is 31.0 Å². The van der Waals surface area contributed by atoms with Crippen molar-refractivity contribution >= 4 is 64.0 Å². The van der Waals surface area contributed by atoms with Gasteiger partial charge in [0.25, 0.3) is 0 Å². The minimum absolute atomic E-state index is 0. The maximum Gasteiger partial charge on any atom is 2.00 e. The number of phenolic OH excluding ortho intramolecular Hbond substituents is 1. The summed E-state index contributed by atoms with van der Waals surface area (Å²) in [4.78, 5) is 8.89. The van der Waals surface area contributed by atoms with Crippen LogP contribution < -0.4 is 0 Å². The van der Waals surface area contributed by atoms with Gasteiger partial charge >= 0.3 is 27.3 Å². The maximum atomic E-state index is 11.0. The molecule has 2 radical (unpaired) electrons. The molecule has 0 aromatic heterocycles. The first-order chi connectivity index (χ1) is 9.55. The SMILES string of the molecule is O=Nc1c(O)c(S(=O)(=O)[O-])cc2cc(S(=O)(=O)[O-])ccc12.[Pb+2]. The third kappa shape index (κ3) is 3.43. The first-order valence-corrected chi connectivity index (χ1v) is 7.92. The number of hydrogen-bond acceptors (Lipinski definition) is 9. The average molecular weight is 538 g/mol. The smallest absolute Gasteiger partial charge is 0.744 e. The van der Waals surface area contributed by atoms with Gasteiger partial charge in [0.05, 0.1) is 9.79 Å². The Morgan fingerprint density at radius 1 is 1.00 bits per heavy atom. The van der Waals surface area contributed by atoms with Gasteiger partial charge in [-0.15, -0.1) is 4.91 Å². The molecule has 2 aromatic rings. The molecule has 12 heteroatoms. The van der Waals surface area contributed by atoms with Crippen molar-refractivity contribution in [2.75, 3.05) is 0 Å². The van der Waals surface area contributed by atoms with Crippen LogP contribution in [0.3, 0.4) is 0 Å². The van der Waals surface area contributed by atoms with Crippen molar-refractivity contribution in [3.63, 3.8) is 0 Å². The predicted octanol–water partition coefficient (Wildman–Crippen LogP) is 0.371. The van der Waals surface area contributed by atoms with Gasteiger partial charge in [-0.05, 0) is 28.8 Å². The molecule has 0 heterocycles. The van der Waals surface area contributed by atoms with Gasteiger partial charge in [-0.25, -0.2) is 16.8 Å². The molecule has 9 nitrogen and oxygen atoms in total. The van der Waals surface area contributed by atoms with E-state index in [1.54, 1.807) is 0 Å². The molecule has 0 aliphatic rings. The summed E-state index contributed by atoms with van der Waals surface area (Å²) in [6.07, 6.45) is 0. The molecule has 0 aliphatic carbocycles. The van der Waals surface area contributed by atoms with Crippen LogP contribution in [0, 0.1) is 4.91 Å². The summed E-state index contributed by atoms with van der Waals surface area (Å²) in [7, 11) is -9.95. The molecule has 0 saturated heterocycles. The first-order valence-electron chi connectivity index (χ1n) is 5.10. The fraction of sp³-hybridized carbons (Fsp3) is 0. The number of fused-ring (bicyclic) bond motifs is 1. The third-order valence-electron chi connectivity index (χ3n) is 2.67. The van der Waals surface area contributed by atoms with Crippen molar-refractivity contribution in [2.45, 2.75) is 9.79 Å². The second-order valence-electron chi connectivity index (χ2n) is 3.95. The molecule has 114 valence electrons. The van der Waals surface area contributed by atoms with Gasteiger partial charge in [0.2, 0.25) is 0 Å². The number of nitrogens with zero attached hydrogens (tertiary/aromatic N) is 1. The normalized spacial score (nSPS) is 11.9. The number of benzene rings is 2. The minimum atomic E-state index is -5.13. The van der Waals surface area contributed by atoms with Crippen LogP contribution in [0.2, 0.25) is 0 Å². The summed E-state index contributed by atoms with van der Waals surface area (Å²) in [5, 5.41) is 11.7. The maximum absolute atomic E-state index is 11.0. The molecule has 0 atom stereocenters. The Labute approximate surface area is 144 Å². The van der Waals surface area contributed by atoms with E-state index < -0.39 is 41.5 Å². The molecule has 22 heavy (non-hydrogen) atoms.